The maximum atomic E-state index is 13.0. The molecule has 2 saturated heterocycles. The van der Waals surface area contributed by atoms with Gasteiger partial charge in [0.15, 0.2) is 11.4 Å². The number of imidazole rings is 1. The molecule has 0 radical (unpaired) electrons. The van der Waals surface area contributed by atoms with Gasteiger partial charge in [0.25, 0.3) is 0 Å². The van der Waals surface area contributed by atoms with Crippen LogP contribution in [-0.4, -0.2) is 62.0 Å². The lowest BCUT2D eigenvalue weighted by atomic mass is 10.0. The number of likely N-dealkylation sites (tertiary alicyclic amines) is 1. The molecule has 2 fully saturated rings. The molecular weight excluding hydrogens is 573 g/mol. The number of alkyl halides is 3. The minimum Gasteiger partial charge on any atom is -0.392 e. The van der Waals surface area contributed by atoms with Gasteiger partial charge < -0.3 is 29.4 Å². The maximum absolute atomic E-state index is 13.0. The van der Waals surface area contributed by atoms with Crippen LogP contribution in [-0.2, 0) is 32.7 Å². The van der Waals surface area contributed by atoms with Gasteiger partial charge in [-0.05, 0) is 36.1 Å². The Kier molecular flexibility index (Phi) is 9.21. The van der Waals surface area contributed by atoms with E-state index in [9.17, 15) is 27.9 Å². The number of aryl methyl sites for hydroxylation is 1. The SMILES string of the molecule is Cn1ccnc1SCC1CC(c2ccc(CO)cc2)OC(c2cccc(NC(=O)C3CCCN3C(=O)C(F)(F)F)c2)O1. The highest BCUT2D eigenvalue weighted by Gasteiger charge is 2.47. The van der Waals surface area contributed by atoms with Crippen LogP contribution in [0.5, 0.6) is 0 Å². The van der Waals surface area contributed by atoms with Crippen molar-refractivity contribution >= 4 is 29.3 Å². The summed E-state index contributed by atoms with van der Waals surface area (Å²) in [4.78, 5) is 29.7. The summed E-state index contributed by atoms with van der Waals surface area (Å²) in [7, 11) is 1.91. The van der Waals surface area contributed by atoms with Crippen LogP contribution in [0.3, 0.4) is 0 Å². The molecule has 0 spiro atoms. The number of nitrogens with one attached hydrogen (secondary N) is 1. The second kappa shape index (κ2) is 12.9. The summed E-state index contributed by atoms with van der Waals surface area (Å²) in [6, 6.07) is 13.1. The van der Waals surface area contributed by atoms with Crippen molar-refractivity contribution in [3.63, 3.8) is 0 Å². The van der Waals surface area contributed by atoms with E-state index in [1.807, 2.05) is 42.1 Å². The summed E-state index contributed by atoms with van der Waals surface area (Å²) < 4.78 is 53.7. The van der Waals surface area contributed by atoms with E-state index in [1.165, 1.54) is 0 Å². The zero-order valence-electron chi connectivity index (χ0n) is 22.8. The normalized spacial score (nSPS) is 22.7. The van der Waals surface area contributed by atoms with E-state index in [0.717, 1.165) is 16.3 Å². The summed E-state index contributed by atoms with van der Waals surface area (Å²) in [6.45, 7) is -0.194. The number of halogens is 3. The number of carbonyl (C=O) groups is 2. The number of benzene rings is 2. The first-order valence-corrected chi connectivity index (χ1v) is 14.5. The number of aliphatic hydroxyl groups excluding tert-OH is 1. The molecule has 3 aromatic rings. The van der Waals surface area contributed by atoms with Crippen molar-refractivity contribution in [1.82, 2.24) is 14.5 Å². The Morgan fingerprint density at radius 3 is 2.62 bits per heavy atom. The maximum Gasteiger partial charge on any atom is 0.471 e. The fourth-order valence-corrected chi connectivity index (χ4v) is 6.06. The number of hydrogen-bond donors (Lipinski definition) is 2. The van der Waals surface area contributed by atoms with Gasteiger partial charge in [-0.2, -0.15) is 13.2 Å². The van der Waals surface area contributed by atoms with Crippen LogP contribution in [0, 0.1) is 0 Å². The van der Waals surface area contributed by atoms with Crippen molar-refractivity contribution in [3.8, 4) is 0 Å². The largest absolute Gasteiger partial charge is 0.471 e. The summed E-state index contributed by atoms with van der Waals surface area (Å²) in [6.07, 6.45) is -1.74. The number of rotatable bonds is 8. The molecule has 1 aromatic heterocycles. The van der Waals surface area contributed by atoms with Crippen molar-refractivity contribution in [2.45, 2.75) is 61.7 Å². The monoisotopic (exact) mass is 604 g/mol. The molecule has 13 heteroatoms. The fraction of sp³-hybridized carbons (Fsp3) is 0.414. The molecule has 0 aliphatic carbocycles. The van der Waals surface area contributed by atoms with Gasteiger partial charge in [-0.15, -0.1) is 0 Å². The van der Waals surface area contributed by atoms with Gasteiger partial charge in [0.1, 0.15) is 6.04 Å². The molecule has 4 atom stereocenters. The molecule has 3 heterocycles. The molecule has 9 nitrogen and oxygen atoms in total. The van der Waals surface area contributed by atoms with Crippen LogP contribution < -0.4 is 5.32 Å². The molecule has 4 unspecified atom stereocenters. The van der Waals surface area contributed by atoms with Gasteiger partial charge in [-0.25, -0.2) is 4.98 Å². The van der Waals surface area contributed by atoms with Gasteiger partial charge in [-0.1, -0.05) is 48.2 Å². The first-order valence-electron chi connectivity index (χ1n) is 13.5. The highest BCUT2D eigenvalue weighted by atomic mass is 32.2. The zero-order valence-corrected chi connectivity index (χ0v) is 23.6. The first kappa shape index (κ1) is 30.1. The Morgan fingerprint density at radius 1 is 1.14 bits per heavy atom. The van der Waals surface area contributed by atoms with Crippen molar-refractivity contribution in [2.75, 3.05) is 17.6 Å². The van der Waals surface area contributed by atoms with Crippen molar-refractivity contribution < 1.29 is 37.3 Å². The summed E-state index contributed by atoms with van der Waals surface area (Å²) in [5.74, 6) is -2.08. The lowest BCUT2D eigenvalue weighted by molar-refractivity contribution is -0.245. The summed E-state index contributed by atoms with van der Waals surface area (Å²) >= 11 is 1.56. The minimum absolute atomic E-state index is 0.0675. The van der Waals surface area contributed by atoms with Crippen LogP contribution in [0.15, 0.2) is 66.1 Å². The van der Waals surface area contributed by atoms with Crippen LogP contribution in [0.25, 0.3) is 0 Å². The number of aliphatic hydroxyl groups is 1. The van der Waals surface area contributed by atoms with E-state index < -0.39 is 30.3 Å². The number of nitrogens with zero attached hydrogens (tertiary/aromatic N) is 3. The lowest BCUT2D eigenvalue weighted by Gasteiger charge is -2.36. The predicted molar refractivity (Wildman–Crippen MR) is 148 cm³/mol. The van der Waals surface area contributed by atoms with E-state index in [1.54, 1.807) is 42.2 Å². The van der Waals surface area contributed by atoms with Crippen LogP contribution in [0.1, 0.15) is 48.3 Å². The number of amides is 2. The summed E-state index contributed by atoms with van der Waals surface area (Å²) in [5.41, 5.74) is 2.67. The third-order valence-corrected chi connectivity index (χ3v) is 8.47. The van der Waals surface area contributed by atoms with Gasteiger partial charge in [-0.3, -0.25) is 9.59 Å². The average Bonchev–Trinajstić information content (AvgIpc) is 3.64. The number of ether oxygens (including phenoxy) is 2. The number of carbonyl (C=O) groups excluding carboxylic acids is 2. The zero-order chi connectivity index (χ0) is 29.9. The van der Waals surface area contributed by atoms with Crippen molar-refractivity contribution in [1.29, 1.82) is 0 Å². The number of hydrogen-bond acceptors (Lipinski definition) is 7. The number of aromatic nitrogens is 2. The van der Waals surface area contributed by atoms with E-state index in [-0.39, 0.29) is 31.8 Å². The molecule has 2 aliphatic rings. The smallest absolute Gasteiger partial charge is 0.392 e. The minimum atomic E-state index is -5.04. The molecule has 2 amide bonds. The molecule has 2 N–H and O–H groups in total. The second-order valence-electron chi connectivity index (χ2n) is 10.3. The summed E-state index contributed by atoms with van der Waals surface area (Å²) in [5, 5.41) is 12.9. The van der Waals surface area contributed by atoms with Crippen LogP contribution in [0.4, 0.5) is 18.9 Å². The second-order valence-corrected chi connectivity index (χ2v) is 11.2. The fourth-order valence-electron chi connectivity index (χ4n) is 5.12. The van der Waals surface area contributed by atoms with E-state index in [4.69, 9.17) is 9.47 Å². The van der Waals surface area contributed by atoms with E-state index >= 15 is 0 Å². The van der Waals surface area contributed by atoms with Gasteiger partial charge in [0.2, 0.25) is 5.91 Å². The van der Waals surface area contributed by atoms with Crippen LogP contribution >= 0.6 is 11.8 Å². The standard InChI is InChI=1S/C29H31F3N4O5S/c1-35-13-11-33-28(35)42-17-22-15-24(19-9-7-18(16-37)8-10-19)41-26(40-22)20-4-2-5-21(14-20)34-25(38)23-6-3-12-36(23)27(39)29(30,31)32/h2,4-5,7-11,13-14,22-24,26,37H,3,6,12,15-17H2,1H3,(H,34,38). The molecule has 2 aliphatic heterocycles. The number of anilines is 1. The molecule has 2 aromatic carbocycles. The topological polar surface area (TPSA) is 106 Å². The highest BCUT2D eigenvalue weighted by molar-refractivity contribution is 7.99. The molecule has 42 heavy (non-hydrogen) atoms. The Balaban J connectivity index is 1.32. The predicted octanol–water partition coefficient (Wildman–Crippen LogP) is 4.74. The molecule has 224 valence electrons. The highest BCUT2D eigenvalue weighted by Crippen LogP contribution is 2.40. The van der Waals surface area contributed by atoms with Gasteiger partial charge >= 0.3 is 12.1 Å². The van der Waals surface area contributed by atoms with Gasteiger partial charge in [0.05, 0.1) is 18.8 Å². The van der Waals surface area contributed by atoms with E-state index in [0.29, 0.717) is 34.7 Å². The van der Waals surface area contributed by atoms with Gasteiger partial charge in [0, 0.05) is 49.4 Å². The Bertz CT molecular complexity index is 1400. The lowest BCUT2D eigenvalue weighted by Crippen LogP contribution is -2.48. The Morgan fingerprint density at radius 2 is 1.93 bits per heavy atom. The quantitative estimate of drug-likeness (QED) is 0.358. The first-order chi connectivity index (χ1) is 20.1. The van der Waals surface area contributed by atoms with E-state index in [2.05, 4.69) is 10.3 Å². The third-order valence-electron chi connectivity index (χ3n) is 7.28. The Hall–Kier alpha value is -3.39. The van der Waals surface area contributed by atoms with Crippen molar-refractivity contribution in [2.24, 2.45) is 7.05 Å². The third kappa shape index (κ3) is 6.97. The molecule has 5 rings (SSSR count). The Labute approximate surface area is 245 Å². The molecular formula is C29H31F3N4O5S. The average molecular weight is 605 g/mol. The molecule has 0 saturated carbocycles. The number of thioether (sulfide) groups is 1. The van der Waals surface area contributed by atoms with Crippen LogP contribution in [0.2, 0.25) is 0 Å². The molecule has 0 bridgehead atoms. The van der Waals surface area contributed by atoms with Crippen molar-refractivity contribution in [3.05, 3.63) is 77.6 Å².